The predicted octanol–water partition coefficient (Wildman–Crippen LogP) is 2.10. The lowest BCUT2D eigenvalue weighted by atomic mass is 9.94. The number of pyridine rings is 1. The van der Waals surface area contributed by atoms with Crippen molar-refractivity contribution >= 4 is 15.9 Å². The molecule has 1 aromatic carbocycles. The minimum atomic E-state index is -3.94. The Bertz CT molecular complexity index is 837. The van der Waals surface area contributed by atoms with Crippen LogP contribution in [0.25, 0.3) is 0 Å². The van der Waals surface area contributed by atoms with Gasteiger partial charge in [-0.1, -0.05) is 30.3 Å². The third-order valence-corrected chi connectivity index (χ3v) is 5.03. The normalized spacial score (nSPS) is 18.4. The fourth-order valence-electron chi connectivity index (χ4n) is 3.06. The first-order chi connectivity index (χ1) is 11.5. The van der Waals surface area contributed by atoms with E-state index in [4.69, 9.17) is 5.14 Å². The van der Waals surface area contributed by atoms with Crippen LogP contribution in [0.3, 0.4) is 0 Å². The van der Waals surface area contributed by atoms with Crippen molar-refractivity contribution < 1.29 is 13.2 Å². The zero-order valence-electron chi connectivity index (χ0n) is 13.1. The van der Waals surface area contributed by atoms with Gasteiger partial charge in [-0.15, -0.1) is 0 Å². The number of benzene rings is 1. The molecule has 1 amide bonds. The van der Waals surface area contributed by atoms with E-state index in [1.165, 1.54) is 18.3 Å². The minimum absolute atomic E-state index is 0.00134. The SMILES string of the molecule is NS(=O)(=O)c1cc(C(=O)N2CCCC[C@H]2c2ccccc2)ccn1. The van der Waals surface area contributed by atoms with Crippen molar-refractivity contribution in [3.8, 4) is 0 Å². The molecule has 1 aromatic heterocycles. The quantitative estimate of drug-likeness (QED) is 0.922. The Balaban J connectivity index is 1.93. The van der Waals surface area contributed by atoms with Gasteiger partial charge in [0, 0.05) is 18.3 Å². The number of carbonyl (C=O) groups is 1. The molecule has 7 heteroatoms. The van der Waals surface area contributed by atoms with Crippen LogP contribution in [0.15, 0.2) is 53.7 Å². The van der Waals surface area contributed by atoms with Gasteiger partial charge in [-0.3, -0.25) is 4.79 Å². The van der Waals surface area contributed by atoms with Gasteiger partial charge in [0.05, 0.1) is 6.04 Å². The number of hydrogen-bond donors (Lipinski definition) is 1. The second-order valence-corrected chi connectivity index (χ2v) is 7.36. The van der Waals surface area contributed by atoms with Crippen molar-refractivity contribution in [2.45, 2.75) is 30.3 Å². The Labute approximate surface area is 141 Å². The van der Waals surface area contributed by atoms with E-state index in [2.05, 4.69) is 4.98 Å². The van der Waals surface area contributed by atoms with Crippen LogP contribution in [0.1, 0.15) is 41.2 Å². The summed E-state index contributed by atoms with van der Waals surface area (Å²) >= 11 is 0. The van der Waals surface area contributed by atoms with Crippen LogP contribution >= 0.6 is 0 Å². The molecule has 24 heavy (non-hydrogen) atoms. The molecule has 1 saturated heterocycles. The summed E-state index contributed by atoms with van der Waals surface area (Å²) in [5.74, 6) is -0.198. The van der Waals surface area contributed by atoms with E-state index in [0.717, 1.165) is 24.8 Å². The summed E-state index contributed by atoms with van der Waals surface area (Å²) in [6, 6.07) is 12.6. The summed E-state index contributed by atoms with van der Waals surface area (Å²) in [5, 5.41) is 4.82. The molecule has 0 bridgehead atoms. The number of nitrogens with two attached hydrogens (primary N) is 1. The van der Waals surface area contributed by atoms with Crippen molar-refractivity contribution in [1.82, 2.24) is 9.88 Å². The van der Waals surface area contributed by atoms with Crippen molar-refractivity contribution in [2.75, 3.05) is 6.54 Å². The molecule has 126 valence electrons. The maximum Gasteiger partial charge on any atom is 0.255 e. The maximum atomic E-state index is 12.9. The van der Waals surface area contributed by atoms with Crippen molar-refractivity contribution in [3.63, 3.8) is 0 Å². The Hall–Kier alpha value is -2.25. The summed E-state index contributed by atoms with van der Waals surface area (Å²) in [6.07, 6.45) is 4.18. The van der Waals surface area contributed by atoms with Gasteiger partial charge < -0.3 is 4.90 Å². The summed E-state index contributed by atoms with van der Waals surface area (Å²) in [5.41, 5.74) is 1.38. The summed E-state index contributed by atoms with van der Waals surface area (Å²) < 4.78 is 22.9. The monoisotopic (exact) mass is 345 g/mol. The van der Waals surface area contributed by atoms with Crippen LogP contribution in [0.5, 0.6) is 0 Å². The van der Waals surface area contributed by atoms with E-state index in [9.17, 15) is 13.2 Å². The third-order valence-electron chi connectivity index (χ3n) is 4.22. The fourth-order valence-corrected chi connectivity index (χ4v) is 3.56. The van der Waals surface area contributed by atoms with Gasteiger partial charge in [-0.2, -0.15) is 0 Å². The zero-order valence-corrected chi connectivity index (χ0v) is 13.9. The first kappa shape index (κ1) is 16.6. The standard InChI is InChI=1S/C17H19N3O3S/c18-24(22,23)16-12-14(9-10-19-16)17(21)20-11-5-4-8-15(20)13-6-2-1-3-7-13/h1-3,6-7,9-10,12,15H,4-5,8,11H2,(H2,18,22,23)/t15-/m0/s1. The molecule has 1 atom stereocenters. The average Bonchev–Trinajstić information content (AvgIpc) is 2.61. The van der Waals surface area contributed by atoms with Crippen molar-refractivity contribution in [3.05, 3.63) is 59.8 Å². The highest BCUT2D eigenvalue weighted by Gasteiger charge is 2.29. The number of hydrogen-bond acceptors (Lipinski definition) is 4. The van der Waals surface area contributed by atoms with Crippen LogP contribution in [-0.4, -0.2) is 30.8 Å². The molecule has 1 aliphatic heterocycles. The largest absolute Gasteiger partial charge is 0.332 e. The lowest BCUT2D eigenvalue weighted by molar-refractivity contribution is 0.0611. The van der Waals surface area contributed by atoms with Gasteiger partial charge >= 0.3 is 0 Å². The van der Waals surface area contributed by atoms with Crippen LogP contribution in [0, 0.1) is 0 Å². The average molecular weight is 345 g/mol. The number of aromatic nitrogens is 1. The number of primary sulfonamides is 1. The summed E-state index contributed by atoms with van der Waals surface area (Å²) in [7, 11) is -3.94. The summed E-state index contributed by atoms with van der Waals surface area (Å²) in [4.78, 5) is 18.5. The van der Waals surface area contributed by atoms with E-state index in [1.54, 1.807) is 4.90 Å². The van der Waals surface area contributed by atoms with Crippen LogP contribution in [0.4, 0.5) is 0 Å². The van der Waals surface area contributed by atoms with E-state index >= 15 is 0 Å². The fraction of sp³-hybridized carbons (Fsp3) is 0.294. The first-order valence-electron chi connectivity index (χ1n) is 7.81. The first-order valence-corrected chi connectivity index (χ1v) is 9.36. The molecule has 6 nitrogen and oxygen atoms in total. The molecule has 2 N–H and O–H groups in total. The zero-order chi connectivity index (χ0) is 17.2. The second kappa shape index (κ2) is 6.70. The minimum Gasteiger partial charge on any atom is -0.332 e. The molecule has 2 aromatic rings. The molecule has 0 spiro atoms. The maximum absolute atomic E-state index is 12.9. The third kappa shape index (κ3) is 3.47. The molecule has 0 unspecified atom stereocenters. The molecular formula is C17H19N3O3S. The number of rotatable bonds is 3. The van der Waals surface area contributed by atoms with Gasteiger partial charge in [0.2, 0.25) is 0 Å². The van der Waals surface area contributed by atoms with E-state index < -0.39 is 10.0 Å². The molecule has 0 saturated carbocycles. The number of carbonyl (C=O) groups excluding carboxylic acids is 1. The van der Waals surface area contributed by atoms with Gasteiger partial charge in [-0.05, 0) is 37.0 Å². The number of piperidine rings is 1. The van der Waals surface area contributed by atoms with Crippen LogP contribution in [0.2, 0.25) is 0 Å². The van der Waals surface area contributed by atoms with Gasteiger partial charge in [0.25, 0.3) is 15.9 Å². The lowest BCUT2D eigenvalue weighted by Crippen LogP contribution is -2.38. The topological polar surface area (TPSA) is 93.4 Å². The molecule has 1 fully saturated rings. The number of likely N-dealkylation sites (tertiary alicyclic amines) is 1. The van der Waals surface area contributed by atoms with E-state index in [1.807, 2.05) is 30.3 Å². The van der Waals surface area contributed by atoms with Gasteiger partial charge in [0.15, 0.2) is 5.03 Å². The molecule has 0 radical (unpaired) electrons. The second-order valence-electron chi connectivity index (χ2n) is 5.85. The molecule has 3 rings (SSSR count). The Morgan fingerprint density at radius 1 is 1.17 bits per heavy atom. The highest BCUT2D eigenvalue weighted by atomic mass is 32.2. The van der Waals surface area contributed by atoms with Crippen molar-refractivity contribution in [2.24, 2.45) is 5.14 Å². The number of sulfonamides is 1. The molecule has 1 aliphatic rings. The smallest absolute Gasteiger partial charge is 0.255 e. The molecule has 0 aliphatic carbocycles. The van der Waals surface area contributed by atoms with Crippen LogP contribution in [-0.2, 0) is 10.0 Å². The lowest BCUT2D eigenvalue weighted by Gasteiger charge is -2.36. The van der Waals surface area contributed by atoms with Gasteiger partial charge in [-0.25, -0.2) is 18.5 Å². The highest BCUT2D eigenvalue weighted by molar-refractivity contribution is 7.89. The number of amides is 1. The van der Waals surface area contributed by atoms with Crippen LogP contribution < -0.4 is 5.14 Å². The Morgan fingerprint density at radius 2 is 1.92 bits per heavy atom. The van der Waals surface area contributed by atoms with E-state index in [0.29, 0.717) is 6.54 Å². The van der Waals surface area contributed by atoms with Crippen molar-refractivity contribution in [1.29, 1.82) is 0 Å². The highest BCUT2D eigenvalue weighted by Crippen LogP contribution is 2.32. The summed E-state index contributed by atoms with van der Waals surface area (Å²) in [6.45, 7) is 0.644. The predicted molar refractivity (Wildman–Crippen MR) is 89.7 cm³/mol. The number of nitrogens with zero attached hydrogens (tertiary/aromatic N) is 2. The van der Waals surface area contributed by atoms with E-state index in [-0.39, 0.29) is 22.5 Å². The Morgan fingerprint density at radius 3 is 2.62 bits per heavy atom. The molecule has 2 heterocycles. The Kier molecular flexibility index (Phi) is 4.64. The molecular weight excluding hydrogens is 326 g/mol. The van der Waals surface area contributed by atoms with Gasteiger partial charge in [0.1, 0.15) is 0 Å².